The van der Waals surface area contributed by atoms with Gasteiger partial charge in [0, 0.05) is 41.3 Å². The summed E-state index contributed by atoms with van der Waals surface area (Å²) >= 11 is 11.6. The van der Waals surface area contributed by atoms with E-state index < -0.39 is 33.0 Å². The molecule has 1 aliphatic rings. The highest BCUT2D eigenvalue weighted by atomic mass is 35.5. The van der Waals surface area contributed by atoms with Crippen LogP contribution in [0.4, 0.5) is 11.4 Å². The molecule has 162 valence electrons. The molecule has 2 amide bonds. The van der Waals surface area contributed by atoms with Crippen LogP contribution in [0.25, 0.3) is 0 Å². The van der Waals surface area contributed by atoms with Crippen LogP contribution in [-0.2, 0) is 0 Å². The quantitative estimate of drug-likeness (QED) is 0.463. The van der Waals surface area contributed by atoms with Crippen molar-refractivity contribution >= 4 is 46.4 Å². The number of rotatable bonds is 8. The summed E-state index contributed by atoms with van der Waals surface area (Å²) in [6.45, 7) is 0.0820. The second kappa shape index (κ2) is 9.27. The van der Waals surface area contributed by atoms with E-state index in [0.29, 0.717) is 0 Å². The number of halogens is 2. The van der Waals surface area contributed by atoms with Crippen molar-refractivity contribution in [2.75, 3.05) is 13.1 Å². The van der Waals surface area contributed by atoms with Crippen molar-refractivity contribution in [1.82, 2.24) is 10.2 Å². The minimum atomic E-state index is -0.708. The fourth-order valence-corrected chi connectivity index (χ4v) is 3.39. The molecule has 0 aliphatic heterocycles. The molecule has 12 heteroatoms. The lowest BCUT2D eigenvalue weighted by Gasteiger charge is -2.22. The zero-order chi connectivity index (χ0) is 22.7. The number of amides is 2. The first-order chi connectivity index (χ1) is 14.7. The molecule has 2 aromatic rings. The lowest BCUT2D eigenvalue weighted by atomic mass is 10.1. The van der Waals surface area contributed by atoms with Crippen LogP contribution in [0.2, 0.25) is 10.0 Å². The van der Waals surface area contributed by atoms with Gasteiger partial charge in [0.05, 0.1) is 9.85 Å². The number of hydrogen-bond acceptors (Lipinski definition) is 6. The summed E-state index contributed by atoms with van der Waals surface area (Å²) in [4.78, 5) is 47.9. The minimum Gasteiger partial charge on any atom is -0.350 e. The van der Waals surface area contributed by atoms with E-state index in [1.165, 1.54) is 29.2 Å². The van der Waals surface area contributed by atoms with Crippen LogP contribution in [0.1, 0.15) is 33.6 Å². The van der Waals surface area contributed by atoms with E-state index in [2.05, 4.69) is 5.32 Å². The molecular formula is C19H16Cl2N4O6. The number of carbonyl (C=O) groups is 2. The zero-order valence-electron chi connectivity index (χ0n) is 15.9. The summed E-state index contributed by atoms with van der Waals surface area (Å²) in [6.07, 6.45) is 1.48. The fourth-order valence-electron chi connectivity index (χ4n) is 3.06. The number of carbonyl (C=O) groups excluding carboxylic acids is 2. The van der Waals surface area contributed by atoms with E-state index in [1.807, 2.05) is 0 Å². The van der Waals surface area contributed by atoms with Crippen LogP contribution in [-0.4, -0.2) is 45.7 Å². The molecule has 10 nitrogen and oxygen atoms in total. The van der Waals surface area contributed by atoms with Gasteiger partial charge in [0.15, 0.2) is 0 Å². The molecule has 0 aromatic heterocycles. The van der Waals surface area contributed by atoms with Crippen molar-refractivity contribution in [2.24, 2.45) is 0 Å². The summed E-state index contributed by atoms with van der Waals surface area (Å²) in [5, 5.41) is 25.3. The molecule has 1 N–H and O–H groups in total. The predicted molar refractivity (Wildman–Crippen MR) is 113 cm³/mol. The molecular weight excluding hydrogens is 451 g/mol. The van der Waals surface area contributed by atoms with Crippen LogP contribution in [0, 0.1) is 20.2 Å². The van der Waals surface area contributed by atoms with E-state index in [-0.39, 0.29) is 40.3 Å². The Morgan fingerprint density at radius 2 is 1.48 bits per heavy atom. The average Bonchev–Trinajstić information content (AvgIpc) is 3.55. The average molecular weight is 467 g/mol. The molecule has 0 bridgehead atoms. The number of nitro groups is 2. The van der Waals surface area contributed by atoms with Gasteiger partial charge in [-0.3, -0.25) is 29.8 Å². The molecule has 3 rings (SSSR count). The maximum Gasteiger partial charge on any atom is 0.283 e. The molecule has 0 radical (unpaired) electrons. The number of nitrogens with one attached hydrogen (secondary N) is 1. The third-order valence-electron chi connectivity index (χ3n) is 4.67. The normalized spacial score (nSPS) is 12.8. The van der Waals surface area contributed by atoms with Gasteiger partial charge in [-0.15, -0.1) is 0 Å². The lowest BCUT2D eigenvalue weighted by molar-refractivity contribution is -0.385. The van der Waals surface area contributed by atoms with Crippen LogP contribution in [0.15, 0.2) is 36.4 Å². The van der Waals surface area contributed by atoms with E-state index in [4.69, 9.17) is 23.2 Å². The maximum atomic E-state index is 13.0. The third kappa shape index (κ3) is 5.28. The molecule has 2 aromatic carbocycles. The largest absolute Gasteiger partial charge is 0.350 e. The maximum absolute atomic E-state index is 13.0. The second-order valence-electron chi connectivity index (χ2n) is 6.82. The molecule has 0 heterocycles. The Morgan fingerprint density at radius 3 is 2.00 bits per heavy atom. The van der Waals surface area contributed by atoms with Gasteiger partial charge < -0.3 is 10.2 Å². The first-order valence-corrected chi connectivity index (χ1v) is 9.91. The topological polar surface area (TPSA) is 136 Å². The Morgan fingerprint density at radius 1 is 0.968 bits per heavy atom. The van der Waals surface area contributed by atoms with Crippen molar-refractivity contribution in [2.45, 2.75) is 18.9 Å². The van der Waals surface area contributed by atoms with Crippen LogP contribution in [0.5, 0.6) is 0 Å². The SMILES string of the molecule is O=C(NCCN(C(=O)c1ccc(Cl)cc1[N+](=O)[O-])C1CC1)c1ccc(Cl)cc1[N+](=O)[O-]. The minimum absolute atomic E-state index is 0.00222. The van der Waals surface area contributed by atoms with Gasteiger partial charge in [-0.2, -0.15) is 0 Å². The Labute approximate surface area is 186 Å². The second-order valence-corrected chi connectivity index (χ2v) is 7.70. The Hall–Kier alpha value is -3.24. The van der Waals surface area contributed by atoms with Gasteiger partial charge in [-0.1, -0.05) is 23.2 Å². The predicted octanol–water partition coefficient (Wildman–Crippen LogP) is 3.84. The van der Waals surface area contributed by atoms with Crippen LogP contribution < -0.4 is 5.32 Å². The molecule has 31 heavy (non-hydrogen) atoms. The van der Waals surface area contributed by atoms with Gasteiger partial charge in [0.25, 0.3) is 23.2 Å². The van der Waals surface area contributed by atoms with Gasteiger partial charge >= 0.3 is 0 Å². The summed E-state index contributed by atoms with van der Waals surface area (Å²) in [5.74, 6) is -1.23. The number of nitrogens with zero attached hydrogens (tertiary/aromatic N) is 3. The molecule has 1 fully saturated rings. The first-order valence-electron chi connectivity index (χ1n) is 9.16. The summed E-state index contributed by atoms with van der Waals surface area (Å²) in [5.41, 5.74) is -1.09. The third-order valence-corrected chi connectivity index (χ3v) is 5.14. The molecule has 0 unspecified atom stereocenters. The van der Waals surface area contributed by atoms with Crippen LogP contribution in [0.3, 0.4) is 0 Å². The Balaban J connectivity index is 1.72. The zero-order valence-corrected chi connectivity index (χ0v) is 17.4. The lowest BCUT2D eigenvalue weighted by Crippen LogP contribution is -2.40. The number of nitro benzene ring substituents is 2. The van der Waals surface area contributed by atoms with Gasteiger partial charge in [0.2, 0.25) is 0 Å². The van der Waals surface area contributed by atoms with E-state index in [1.54, 1.807) is 0 Å². The molecule has 0 saturated heterocycles. The van der Waals surface area contributed by atoms with Crippen molar-refractivity contribution < 1.29 is 19.4 Å². The van der Waals surface area contributed by atoms with Crippen LogP contribution >= 0.6 is 23.2 Å². The van der Waals surface area contributed by atoms with Crippen molar-refractivity contribution in [1.29, 1.82) is 0 Å². The standard InChI is InChI=1S/C19H16Cl2N4O6/c20-11-1-5-14(16(9-11)24(28)29)18(26)22-7-8-23(13-3-4-13)19(27)15-6-2-12(21)10-17(15)25(30)31/h1-2,5-6,9-10,13H,3-4,7-8H2,(H,22,26). The monoisotopic (exact) mass is 466 g/mol. The summed E-state index contributed by atoms with van der Waals surface area (Å²) < 4.78 is 0. The Bertz CT molecular complexity index is 1070. The van der Waals surface area contributed by atoms with E-state index in [9.17, 15) is 29.8 Å². The number of hydrogen-bond donors (Lipinski definition) is 1. The van der Waals surface area contributed by atoms with Gasteiger partial charge in [-0.05, 0) is 37.1 Å². The van der Waals surface area contributed by atoms with E-state index >= 15 is 0 Å². The van der Waals surface area contributed by atoms with E-state index in [0.717, 1.165) is 25.0 Å². The highest BCUT2D eigenvalue weighted by Gasteiger charge is 2.35. The highest BCUT2D eigenvalue weighted by Crippen LogP contribution is 2.31. The summed E-state index contributed by atoms with van der Waals surface area (Å²) in [6, 6.07) is 7.41. The summed E-state index contributed by atoms with van der Waals surface area (Å²) in [7, 11) is 0. The Kier molecular flexibility index (Phi) is 6.71. The van der Waals surface area contributed by atoms with Gasteiger partial charge in [-0.25, -0.2) is 0 Å². The van der Waals surface area contributed by atoms with Crippen molar-refractivity contribution in [3.8, 4) is 0 Å². The van der Waals surface area contributed by atoms with Crippen molar-refractivity contribution in [3.63, 3.8) is 0 Å². The number of benzene rings is 2. The molecule has 0 atom stereocenters. The van der Waals surface area contributed by atoms with Crippen molar-refractivity contribution in [3.05, 3.63) is 77.8 Å². The molecule has 1 saturated carbocycles. The smallest absolute Gasteiger partial charge is 0.283 e. The molecule has 0 spiro atoms. The highest BCUT2D eigenvalue weighted by molar-refractivity contribution is 6.31. The first kappa shape index (κ1) is 22.4. The fraction of sp³-hybridized carbons (Fsp3) is 0.263. The molecule has 1 aliphatic carbocycles. The van der Waals surface area contributed by atoms with Gasteiger partial charge in [0.1, 0.15) is 11.1 Å².